The van der Waals surface area contributed by atoms with Crippen molar-refractivity contribution in [3.8, 4) is 11.9 Å². The summed E-state index contributed by atoms with van der Waals surface area (Å²) in [6.07, 6.45) is 3.04. The number of ether oxygens (including phenoxy) is 1. The first-order valence-corrected chi connectivity index (χ1v) is 13.5. The van der Waals surface area contributed by atoms with Crippen LogP contribution < -0.4 is 20.3 Å². The standard InChI is InChI=1S/C25H30N8O3S/c1-31-6-7-32(22(34)13-31)12-17-8-16-4-3-5-33(23(16)30-24(17)36-2)25(35)29-21-9-20(18(10-26)11-27-21)28-19-14-37-15-19/h8-9,11,19H,3-7,12-15H2,1-2H3,(H2,27,28,29,35). The monoisotopic (exact) mass is 522 g/mol. The topological polar surface area (TPSA) is 127 Å². The van der Waals surface area contributed by atoms with Gasteiger partial charge in [0.15, 0.2) is 0 Å². The lowest BCUT2D eigenvalue weighted by molar-refractivity contribution is -0.136. The van der Waals surface area contributed by atoms with Gasteiger partial charge in [0.05, 0.1) is 31.5 Å². The van der Waals surface area contributed by atoms with Crippen LogP contribution in [0.15, 0.2) is 18.3 Å². The summed E-state index contributed by atoms with van der Waals surface area (Å²) in [6, 6.07) is 5.82. The second kappa shape index (κ2) is 10.8. The molecule has 12 heteroatoms. The molecule has 11 nitrogen and oxygen atoms in total. The number of nitrogens with zero attached hydrogens (tertiary/aromatic N) is 6. The van der Waals surface area contributed by atoms with Gasteiger partial charge in [0.25, 0.3) is 0 Å². The van der Waals surface area contributed by atoms with E-state index in [9.17, 15) is 14.9 Å². The number of anilines is 3. The van der Waals surface area contributed by atoms with Gasteiger partial charge in [-0.25, -0.2) is 9.78 Å². The molecule has 0 atom stereocenters. The molecule has 2 saturated heterocycles. The van der Waals surface area contributed by atoms with Crippen molar-refractivity contribution in [1.29, 1.82) is 5.26 Å². The van der Waals surface area contributed by atoms with Crippen LogP contribution in [-0.4, -0.2) is 89.6 Å². The van der Waals surface area contributed by atoms with Crippen molar-refractivity contribution in [2.24, 2.45) is 0 Å². The Balaban J connectivity index is 1.34. The molecule has 0 unspecified atom stereocenters. The molecule has 3 aliphatic rings. The van der Waals surface area contributed by atoms with Gasteiger partial charge in [-0.1, -0.05) is 0 Å². The molecule has 3 amide bonds. The fourth-order valence-corrected chi connectivity index (χ4v) is 5.30. The molecule has 2 fully saturated rings. The third-order valence-electron chi connectivity index (χ3n) is 6.77. The Morgan fingerprint density at radius 1 is 1.30 bits per heavy atom. The van der Waals surface area contributed by atoms with Gasteiger partial charge in [-0.3, -0.25) is 19.9 Å². The lowest BCUT2D eigenvalue weighted by Crippen LogP contribution is -2.48. The van der Waals surface area contributed by atoms with E-state index >= 15 is 0 Å². The summed E-state index contributed by atoms with van der Waals surface area (Å²) in [5, 5.41) is 15.7. The number of methoxy groups -OCH3 is 1. The van der Waals surface area contributed by atoms with Crippen LogP contribution in [0.25, 0.3) is 0 Å². The lowest BCUT2D eigenvalue weighted by Gasteiger charge is -2.33. The number of nitrogens with one attached hydrogen (secondary N) is 2. The van der Waals surface area contributed by atoms with Crippen molar-refractivity contribution >= 4 is 41.0 Å². The molecule has 194 valence electrons. The number of aryl methyl sites for hydroxylation is 1. The predicted molar refractivity (Wildman–Crippen MR) is 142 cm³/mol. The number of fused-ring (bicyclic) bond motifs is 1. The van der Waals surface area contributed by atoms with Gasteiger partial charge in [0, 0.05) is 55.0 Å². The molecule has 0 radical (unpaired) electrons. The summed E-state index contributed by atoms with van der Waals surface area (Å²) >= 11 is 1.84. The fourth-order valence-electron chi connectivity index (χ4n) is 4.66. The van der Waals surface area contributed by atoms with Crippen LogP contribution in [0.5, 0.6) is 5.88 Å². The van der Waals surface area contributed by atoms with Crippen molar-refractivity contribution in [3.05, 3.63) is 35.0 Å². The molecule has 0 aliphatic carbocycles. The lowest BCUT2D eigenvalue weighted by atomic mass is 10.0. The number of thioether (sulfide) groups is 1. The van der Waals surface area contributed by atoms with Crippen molar-refractivity contribution in [2.75, 3.05) is 67.4 Å². The molecule has 0 aromatic carbocycles. The molecule has 2 N–H and O–H groups in total. The second-order valence-electron chi connectivity index (χ2n) is 9.48. The van der Waals surface area contributed by atoms with Crippen molar-refractivity contribution in [1.82, 2.24) is 19.8 Å². The summed E-state index contributed by atoms with van der Waals surface area (Å²) in [7, 11) is 3.49. The molecule has 3 aliphatic heterocycles. The Bertz CT molecular complexity index is 1250. The van der Waals surface area contributed by atoms with Gasteiger partial charge in [-0.15, -0.1) is 0 Å². The van der Waals surface area contributed by atoms with Gasteiger partial charge in [0.2, 0.25) is 11.8 Å². The number of hydrogen-bond donors (Lipinski definition) is 2. The van der Waals surface area contributed by atoms with Crippen LogP contribution in [-0.2, 0) is 17.8 Å². The van der Waals surface area contributed by atoms with Crippen LogP contribution in [0.3, 0.4) is 0 Å². The Morgan fingerprint density at radius 2 is 2.14 bits per heavy atom. The third-order valence-corrected chi connectivity index (χ3v) is 8.04. The van der Waals surface area contributed by atoms with Crippen LogP contribution in [0.2, 0.25) is 0 Å². The van der Waals surface area contributed by atoms with E-state index in [1.807, 2.05) is 34.7 Å². The Morgan fingerprint density at radius 3 is 2.84 bits per heavy atom. The second-order valence-corrected chi connectivity index (χ2v) is 10.6. The highest BCUT2D eigenvalue weighted by Gasteiger charge is 2.29. The number of urea groups is 1. The highest BCUT2D eigenvalue weighted by molar-refractivity contribution is 8.00. The predicted octanol–water partition coefficient (Wildman–Crippen LogP) is 2.14. The van der Waals surface area contributed by atoms with Crippen LogP contribution in [0, 0.1) is 11.3 Å². The Hall–Kier alpha value is -3.56. The zero-order valence-corrected chi connectivity index (χ0v) is 21.8. The van der Waals surface area contributed by atoms with E-state index in [2.05, 4.69) is 21.7 Å². The largest absolute Gasteiger partial charge is 0.481 e. The number of carbonyl (C=O) groups is 2. The number of hydrogen-bond acceptors (Lipinski definition) is 9. The summed E-state index contributed by atoms with van der Waals surface area (Å²) in [5.74, 6) is 3.37. The quantitative estimate of drug-likeness (QED) is 0.587. The number of rotatable bonds is 6. The average molecular weight is 523 g/mol. The zero-order chi connectivity index (χ0) is 25.9. The minimum atomic E-state index is -0.347. The number of nitriles is 1. The average Bonchev–Trinajstić information content (AvgIpc) is 2.87. The molecule has 5 heterocycles. The van der Waals surface area contributed by atoms with E-state index in [0.29, 0.717) is 61.0 Å². The smallest absolute Gasteiger partial charge is 0.328 e. The minimum Gasteiger partial charge on any atom is -0.481 e. The van der Waals surface area contributed by atoms with Crippen LogP contribution in [0.1, 0.15) is 23.1 Å². The van der Waals surface area contributed by atoms with Crippen molar-refractivity contribution < 1.29 is 14.3 Å². The number of aromatic nitrogens is 2. The summed E-state index contributed by atoms with van der Waals surface area (Å²) in [6.45, 7) is 2.80. The maximum absolute atomic E-state index is 13.3. The molecule has 0 saturated carbocycles. The van der Waals surface area contributed by atoms with Crippen molar-refractivity contribution in [2.45, 2.75) is 25.4 Å². The molecular weight excluding hydrogens is 492 g/mol. The van der Waals surface area contributed by atoms with Crippen LogP contribution in [0.4, 0.5) is 22.1 Å². The first-order chi connectivity index (χ1) is 17.9. The molecule has 2 aromatic rings. The van der Waals surface area contributed by atoms with E-state index in [1.54, 1.807) is 18.1 Å². The molecule has 2 aromatic heterocycles. The third kappa shape index (κ3) is 5.42. The molecule has 0 bridgehead atoms. The van der Waals surface area contributed by atoms with E-state index in [4.69, 9.17) is 9.72 Å². The summed E-state index contributed by atoms with van der Waals surface area (Å²) < 4.78 is 5.58. The number of carbonyl (C=O) groups excluding carboxylic acids is 2. The van der Waals surface area contributed by atoms with Gasteiger partial charge < -0.3 is 15.0 Å². The minimum absolute atomic E-state index is 0.0781. The first kappa shape index (κ1) is 25.1. The van der Waals surface area contributed by atoms with Gasteiger partial charge in [-0.05, 0) is 31.5 Å². The maximum atomic E-state index is 13.3. The summed E-state index contributed by atoms with van der Waals surface area (Å²) in [4.78, 5) is 40.2. The van der Waals surface area contributed by atoms with Crippen LogP contribution >= 0.6 is 11.8 Å². The number of amides is 3. The number of likely N-dealkylation sites (N-methyl/N-ethyl adjacent to an activating group) is 1. The molecule has 5 rings (SSSR count). The van der Waals surface area contributed by atoms with E-state index in [1.165, 1.54) is 6.20 Å². The maximum Gasteiger partial charge on any atom is 0.328 e. The normalized spacial score (nSPS) is 18.0. The van der Waals surface area contributed by atoms with Crippen molar-refractivity contribution in [3.63, 3.8) is 0 Å². The molecular formula is C25H30N8O3S. The number of piperazine rings is 1. The van der Waals surface area contributed by atoms with E-state index in [-0.39, 0.29) is 11.9 Å². The fraction of sp³-hybridized carbons (Fsp3) is 0.480. The zero-order valence-electron chi connectivity index (χ0n) is 21.0. The summed E-state index contributed by atoms with van der Waals surface area (Å²) in [5.41, 5.74) is 2.88. The van der Waals surface area contributed by atoms with Gasteiger partial charge in [-0.2, -0.15) is 22.0 Å². The molecule has 0 spiro atoms. The highest BCUT2D eigenvalue weighted by atomic mass is 32.2. The van der Waals surface area contributed by atoms with Gasteiger partial charge >= 0.3 is 6.03 Å². The number of pyridine rings is 2. The molecule has 37 heavy (non-hydrogen) atoms. The Kier molecular flexibility index (Phi) is 7.34. The van der Waals surface area contributed by atoms with Gasteiger partial charge in [0.1, 0.15) is 17.7 Å². The highest BCUT2D eigenvalue weighted by Crippen LogP contribution is 2.32. The van der Waals surface area contributed by atoms with E-state index < -0.39 is 0 Å². The SMILES string of the molecule is COc1nc2c(cc1CN1CCN(C)CC1=O)CCCN2C(=O)Nc1cc(NC2CSC2)c(C#N)cn1. The Labute approximate surface area is 220 Å². The first-order valence-electron chi connectivity index (χ1n) is 12.3. The van der Waals surface area contributed by atoms with E-state index in [0.717, 1.165) is 42.0 Å².